The van der Waals surface area contributed by atoms with E-state index in [-0.39, 0.29) is 11.8 Å². The highest BCUT2D eigenvalue weighted by Crippen LogP contribution is 2.35. The van der Waals surface area contributed by atoms with E-state index in [1.165, 1.54) is 0 Å². The molecule has 2 aromatic carbocycles. The van der Waals surface area contributed by atoms with Gasteiger partial charge in [-0.3, -0.25) is 9.59 Å². The van der Waals surface area contributed by atoms with E-state index < -0.39 is 5.54 Å². The minimum atomic E-state index is -0.431. The molecule has 2 heterocycles. The SMILES string of the molecule is O=C(NCC1(NC(=O)c2cccc(-n3ccnn3)c2)CC1)c1cccc(-n2ccnn2)c1. The quantitative estimate of drug-likeness (QED) is 0.461. The summed E-state index contributed by atoms with van der Waals surface area (Å²) in [5.41, 5.74) is 2.11. The second-order valence-corrected chi connectivity index (χ2v) is 7.71. The van der Waals surface area contributed by atoms with Gasteiger partial charge < -0.3 is 10.6 Å². The largest absolute Gasteiger partial charge is 0.350 e. The van der Waals surface area contributed by atoms with Crippen LogP contribution in [0, 0.1) is 0 Å². The normalized spacial score (nSPS) is 14.0. The van der Waals surface area contributed by atoms with Crippen molar-refractivity contribution in [3.63, 3.8) is 0 Å². The third-order valence-electron chi connectivity index (χ3n) is 5.41. The van der Waals surface area contributed by atoms with Crippen molar-refractivity contribution < 1.29 is 9.59 Å². The Balaban J connectivity index is 1.22. The topological polar surface area (TPSA) is 120 Å². The summed E-state index contributed by atoms with van der Waals surface area (Å²) in [7, 11) is 0. The summed E-state index contributed by atoms with van der Waals surface area (Å²) in [5.74, 6) is -0.396. The lowest BCUT2D eigenvalue weighted by molar-refractivity contribution is 0.0902. The Hall–Kier alpha value is -4.34. The average Bonchev–Trinajstić information content (AvgIpc) is 3.23. The van der Waals surface area contributed by atoms with Gasteiger partial charge in [0.2, 0.25) is 0 Å². The van der Waals surface area contributed by atoms with E-state index in [0.717, 1.165) is 24.2 Å². The van der Waals surface area contributed by atoms with Crippen molar-refractivity contribution in [1.82, 2.24) is 40.6 Å². The predicted octanol–water partition coefficient (Wildman–Crippen LogP) is 1.54. The van der Waals surface area contributed by atoms with E-state index in [0.29, 0.717) is 17.7 Å². The first-order valence-electron chi connectivity index (χ1n) is 10.2. The summed E-state index contributed by atoms with van der Waals surface area (Å²) >= 11 is 0. The molecule has 2 N–H and O–H groups in total. The Kier molecular flexibility index (Phi) is 4.94. The van der Waals surface area contributed by atoms with Gasteiger partial charge in [0, 0.05) is 17.7 Å². The van der Waals surface area contributed by atoms with Crippen molar-refractivity contribution in [3.8, 4) is 11.4 Å². The zero-order valence-electron chi connectivity index (χ0n) is 17.0. The molecule has 0 aliphatic heterocycles. The molecule has 2 aromatic heterocycles. The number of aromatic nitrogens is 6. The number of amides is 2. The summed E-state index contributed by atoms with van der Waals surface area (Å²) < 4.78 is 3.18. The predicted molar refractivity (Wildman–Crippen MR) is 114 cm³/mol. The van der Waals surface area contributed by atoms with Crippen LogP contribution in [0.3, 0.4) is 0 Å². The first-order chi connectivity index (χ1) is 15.6. The Labute approximate surface area is 183 Å². The van der Waals surface area contributed by atoms with Gasteiger partial charge in [-0.1, -0.05) is 22.6 Å². The standard InChI is InChI=1S/C22H20N8O2/c31-20(16-3-1-5-18(13-16)29-11-9-24-27-29)23-15-22(7-8-22)26-21(32)17-4-2-6-19(14-17)30-12-10-25-28-30/h1-6,9-14H,7-8,15H2,(H,23,31)(H,26,32). The number of rotatable bonds is 7. The lowest BCUT2D eigenvalue weighted by Gasteiger charge is -2.18. The number of carbonyl (C=O) groups is 2. The lowest BCUT2D eigenvalue weighted by Crippen LogP contribution is -2.45. The van der Waals surface area contributed by atoms with Crippen LogP contribution < -0.4 is 10.6 Å². The number of nitrogens with zero attached hydrogens (tertiary/aromatic N) is 6. The fraction of sp³-hybridized carbons (Fsp3) is 0.182. The van der Waals surface area contributed by atoms with Gasteiger partial charge in [-0.2, -0.15) is 0 Å². The molecule has 2 amide bonds. The van der Waals surface area contributed by atoms with Crippen molar-refractivity contribution in [1.29, 1.82) is 0 Å². The van der Waals surface area contributed by atoms with Crippen molar-refractivity contribution in [2.45, 2.75) is 18.4 Å². The molecule has 0 atom stereocenters. The fourth-order valence-corrected chi connectivity index (χ4v) is 3.43. The second-order valence-electron chi connectivity index (χ2n) is 7.71. The van der Waals surface area contributed by atoms with Crippen LogP contribution in [-0.2, 0) is 0 Å². The summed E-state index contributed by atoms with van der Waals surface area (Å²) in [6, 6.07) is 14.3. The molecule has 0 bridgehead atoms. The summed E-state index contributed by atoms with van der Waals surface area (Å²) in [6.45, 7) is 0.355. The lowest BCUT2D eigenvalue weighted by atomic mass is 10.1. The maximum atomic E-state index is 12.8. The fourth-order valence-electron chi connectivity index (χ4n) is 3.43. The minimum Gasteiger partial charge on any atom is -0.350 e. The molecule has 0 spiro atoms. The van der Waals surface area contributed by atoms with Crippen LogP contribution in [0.25, 0.3) is 11.4 Å². The van der Waals surface area contributed by atoms with Crippen molar-refractivity contribution in [2.24, 2.45) is 0 Å². The van der Waals surface area contributed by atoms with E-state index in [9.17, 15) is 9.59 Å². The molecule has 1 aliphatic rings. The summed E-state index contributed by atoms with van der Waals surface area (Å²) in [4.78, 5) is 25.5. The Morgan fingerprint density at radius 3 is 1.91 bits per heavy atom. The first-order valence-corrected chi connectivity index (χ1v) is 10.2. The van der Waals surface area contributed by atoms with Crippen LogP contribution in [-0.4, -0.2) is 53.9 Å². The molecule has 160 valence electrons. The number of hydrogen-bond acceptors (Lipinski definition) is 6. The molecular formula is C22H20N8O2. The Bertz CT molecular complexity index is 1250. The second kappa shape index (κ2) is 8.06. The van der Waals surface area contributed by atoms with Crippen LogP contribution >= 0.6 is 0 Å². The number of hydrogen-bond donors (Lipinski definition) is 2. The van der Waals surface area contributed by atoms with Crippen molar-refractivity contribution in [3.05, 3.63) is 84.4 Å². The van der Waals surface area contributed by atoms with Gasteiger partial charge in [0.15, 0.2) is 0 Å². The molecule has 32 heavy (non-hydrogen) atoms. The van der Waals surface area contributed by atoms with Crippen LogP contribution in [0.2, 0.25) is 0 Å². The summed E-state index contributed by atoms with van der Waals surface area (Å²) in [5, 5.41) is 21.5. The van der Waals surface area contributed by atoms with Gasteiger partial charge in [0.05, 0.1) is 41.7 Å². The van der Waals surface area contributed by atoms with E-state index in [2.05, 4.69) is 31.3 Å². The number of nitrogens with one attached hydrogen (secondary N) is 2. The van der Waals surface area contributed by atoms with Gasteiger partial charge in [-0.15, -0.1) is 10.2 Å². The van der Waals surface area contributed by atoms with E-state index in [1.54, 1.807) is 70.5 Å². The van der Waals surface area contributed by atoms with Crippen molar-refractivity contribution >= 4 is 11.8 Å². The van der Waals surface area contributed by atoms with E-state index in [4.69, 9.17) is 0 Å². The molecule has 0 unspecified atom stereocenters. The Morgan fingerprint density at radius 1 is 0.844 bits per heavy atom. The first kappa shape index (κ1) is 19.6. The average molecular weight is 428 g/mol. The molecule has 10 nitrogen and oxygen atoms in total. The van der Waals surface area contributed by atoms with Gasteiger partial charge >= 0.3 is 0 Å². The van der Waals surface area contributed by atoms with E-state index in [1.807, 2.05) is 12.1 Å². The molecule has 5 rings (SSSR count). The van der Waals surface area contributed by atoms with Crippen LogP contribution in [0.1, 0.15) is 33.6 Å². The number of benzene rings is 2. The zero-order valence-corrected chi connectivity index (χ0v) is 17.0. The van der Waals surface area contributed by atoms with Crippen LogP contribution in [0.5, 0.6) is 0 Å². The Morgan fingerprint density at radius 2 is 1.41 bits per heavy atom. The van der Waals surface area contributed by atoms with E-state index >= 15 is 0 Å². The third-order valence-corrected chi connectivity index (χ3v) is 5.41. The van der Waals surface area contributed by atoms with Gasteiger partial charge in [-0.25, -0.2) is 9.36 Å². The van der Waals surface area contributed by atoms with Gasteiger partial charge in [-0.05, 0) is 49.2 Å². The molecule has 0 saturated heterocycles. The summed E-state index contributed by atoms with van der Waals surface area (Å²) in [6.07, 6.45) is 8.20. The maximum Gasteiger partial charge on any atom is 0.251 e. The monoisotopic (exact) mass is 428 g/mol. The van der Waals surface area contributed by atoms with Gasteiger partial charge in [0.1, 0.15) is 0 Å². The van der Waals surface area contributed by atoms with Gasteiger partial charge in [0.25, 0.3) is 11.8 Å². The zero-order chi connectivity index (χ0) is 22.0. The molecule has 1 aliphatic carbocycles. The maximum absolute atomic E-state index is 12.8. The third kappa shape index (κ3) is 4.10. The molecule has 1 fully saturated rings. The highest BCUT2D eigenvalue weighted by atomic mass is 16.2. The highest BCUT2D eigenvalue weighted by Gasteiger charge is 2.44. The minimum absolute atomic E-state index is 0.188. The van der Waals surface area contributed by atoms with Crippen molar-refractivity contribution in [2.75, 3.05) is 6.54 Å². The smallest absolute Gasteiger partial charge is 0.251 e. The van der Waals surface area contributed by atoms with Crippen LogP contribution in [0.15, 0.2) is 73.3 Å². The molecule has 10 heteroatoms. The van der Waals surface area contributed by atoms with Crippen LogP contribution in [0.4, 0.5) is 0 Å². The number of carbonyl (C=O) groups excluding carboxylic acids is 2. The molecular weight excluding hydrogens is 408 g/mol. The molecule has 1 saturated carbocycles. The molecule has 4 aromatic rings. The molecule has 0 radical (unpaired) electrons. The highest BCUT2D eigenvalue weighted by molar-refractivity contribution is 5.96.